The van der Waals surface area contributed by atoms with Gasteiger partial charge in [-0.3, -0.25) is 4.90 Å². The van der Waals surface area contributed by atoms with Gasteiger partial charge in [-0.25, -0.2) is 4.79 Å². The molecule has 1 fully saturated rings. The molecule has 0 spiro atoms. The molecular formula is C22H32ClN7O2. The summed E-state index contributed by atoms with van der Waals surface area (Å²) in [5.41, 5.74) is -0.489. The summed E-state index contributed by atoms with van der Waals surface area (Å²) in [6, 6.07) is 7.49. The topological polar surface area (TPSA) is 104 Å². The number of nitrogens with zero attached hydrogens (tertiary/aromatic N) is 4. The number of nitrogens with one attached hydrogen (secondary N) is 3. The molecule has 2 unspecified atom stereocenters. The van der Waals surface area contributed by atoms with Crippen LogP contribution in [0.4, 0.5) is 16.7 Å². The molecular weight excluding hydrogens is 430 g/mol. The lowest BCUT2D eigenvalue weighted by molar-refractivity contribution is -0.0103. The van der Waals surface area contributed by atoms with Crippen LogP contribution in [0, 0.1) is 0 Å². The molecule has 2 atom stereocenters. The Labute approximate surface area is 194 Å². The predicted molar refractivity (Wildman–Crippen MR) is 126 cm³/mol. The number of ether oxygens (including phenoxy) is 1. The summed E-state index contributed by atoms with van der Waals surface area (Å²) in [5, 5.41) is 10.3. The number of hydrogen-bond donors (Lipinski definition) is 3. The van der Waals surface area contributed by atoms with Crippen molar-refractivity contribution >= 4 is 29.6 Å². The van der Waals surface area contributed by atoms with Crippen LogP contribution in [0.15, 0.2) is 24.3 Å². The summed E-state index contributed by atoms with van der Waals surface area (Å²) in [5.74, 6) is 1.26. The number of carbonyl (C=O) groups is 1. The van der Waals surface area contributed by atoms with Gasteiger partial charge < -0.3 is 20.7 Å². The molecule has 1 amide bonds. The molecule has 9 nitrogen and oxygen atoms in total. The lowest BCUT2D eigenvalue weighted by Gasteiger charge is -2.44. The molecule has 32 heavy (non-hydrogen) atoms. The van der Waals surface area contributed by atoms with E-state index in [-0.39, 0.29) is 6.04 Å². The third kappa shape index (κ3) is 5.39. The molecule has 1 aliphatic rings. The third-order valence-corrected chi connectivity index (χ3v) is 5.59. The molecule has 2 heterocycles. The molecule has 1 aromatic heterocycles. The number of benzene rings is 1. The Hall–Kier alpha value is -2.65. The first-order chi connectivity index (χ1) is 15.0. The van der Waals surface area contributed by atoms with Crippen molar-refractivity contribution in [3.8, 4) is 0 Å². The van der Waals surface area contributed by atoms with E-state index < -0.39 is 17.2 Å². The Morgan fingerprint density at radius 1 is 1.25 bits per heavy atom. The van der Waals surface area contributed by atoms with Crippen LogP contribution < -0.4 is 16.0 Å². The van der Waals surface area contributed by atoms with Crippen molar-refractivity contribution in [1.82, 2.24) is 25.2 Å². The van der Waals surface area contributed by atoms with Crippen LogP contribution >= 0.6 is 11.6 Å². The number of anilines is 2. The maximum absolute atomic E-state index is 13.0. The number of carbonyl (C=O) groups excluding carboxylic acids is 1. The van der Waals surface area contributed by atoms with Crippen LogP contribution in [0.25, 0.3) is 0 Å². The number of amides is 1. The molecule has 1 aromatic carbocycles. The summed E-state index contributed by atoms with van der Waals surface area (Å²) in [6.07, 6.45) is -0.396. The summed E-state index contributed by atoms with van der Waals surface area (Å²) >= 11 is 6.35. The van der Waals surface area contributed by atoms with E-state index in [2.05, 4.69) is 25.9 Å². The maximum Gasteiger partial charge on any atom is 0.411 e. The molecule has 1 aliphatic heterocycles. The van der Waals surface area contributed by atoms with Gasteiger partial charge in [0.05, 0.1) is 6.04 Å². The SMILES string of the molecule is CNc1nc(NC(C)c2ccccc2Cl)nc(C2(C)CNCCN2C(=O)OC(C)(C)C)n1. The molecule has 0 saturated carbocycles. The van der Waals surface area contributed by atoms with Crippen molar-refractivity contribution in [3.05, 3.63) is 40.7 Å². The fourth-order valence-corrected chi connectivity index (χ4v) is 3.86. The molecule has 3 rings (SSSR count). The Kier molecular flexibility index (Phi) is 7.09. The van der Waals surface area contributed by atoms with E-state index in [0.717, 1.165) is 5.56 Å². The van der Waals surface area contributed by atoms with Gasteiger partial charge in [0.15, 0.2) is 5.82 Å². The largest absolute Gasteiger partial charge is 0.444 e. The molecule has 2 aromatic rings. The van der Waals surface area contributed by atoms with Crippen LogP contribution in [-0.4, -0.2) is 58.2 Å². The number of halogens is 1. The van der Waals surface area contributed by atoms with E-state index in [1.54, 1.807) is 11.9 Å². The van der Waals surface area contributed by atoms with Gasteiger partial charge in [0.1, 0.15) is 11.1 Å². The second-order valence-corrected chi connectivity index (χ2v) is 9.43. The van der Waals surface area contributed by atoms with Gasteiger partial charge in [0.25, 0.3) is 0 Å². The van der Waals surface area contributed by atoms with Crippen molar-refractivity contribution in [2.24, 2.45) is 0 Å². The Morgan fingerprint density at radius 2 is 1.94 bits per heavy atom. The second kappa shape index (κ2) is 9.46. The van der Waals surface area contributed by atoms with Gasteiger partial charge >= 0.3 is 6.09 Å². The van der Waals surface area contributed by atoms with Crippen molar-refractivity contribution in [2.75, 3.05) is 37.3 Å². The van der Waals surface area contributed by atoms with Crippen molar-refractivity contribution in [1.29, 1.82) is 0 Å². The standard InChI is InChI=1S/C22H32ClN7O2/c1-14(15-9-7-8-10-16(15)23)26-19-28-17(27-18(24-6)29-19)22(5)13-25-11-12-30(22)20(31)32-21(2,3)4/h7-10,14,25H,11-13H2,1-6H3,(H2,24,26,27,28,29). The zero-order valence-corrected chi connectivity index (χ0v) is 20.2. The lowest BCUT2D eigenvalue weighted by atomic mass is 9.96. The van der Waals surface area contributed by atoms with Gasteiger partial charge in [0, 0.05) is 31.7 Å². The van der Waals surface area contributed by atoms with Crippen LogP contribution in [0.3, 0.4) is 0 Å². The number of rotatable bonds is 5. The minimum absolute atomic E-state index is 0.136. The summed E-state index contributed by atoms with van der Waals surface area (Å²) in [4.78, 5) is 28.4. The Morgan fingerprint density at radius 3 is 2.59 bits per heavy atom. The van der Waals surface area contributed by atoms with E-state index >= 15 is 0 Å². The zero-order valence-electron chi connectivity index (χ0n) is 19.5. The molecule has 1 saturated heterocycles. The monoisotopic (exact) mass is 461 g/mol. The second-order valence-electron chi connectivity index (χ2n) is 9.03. The minimum atomic E-state index is -0.820. The lowest BCUT2D eigenvalue weighted by Crippen LogP contribution is -2.60. The highest BCUT2D eigenvalue weighted by molar-refractivity contribution is 6.31. The molecule has 0 bridgehead atoms. The average molecular weight is 462 g/mol. The number of aromatic nitrogens is 3. The van der Waals surface area contributed by atoms with Gasteiger partial charge in [-0.2, -0.15) is 15.0 Å². The smallest absolute Gasteiger partial charge is 0.411 e. The highest BCUT2D eigenvalue weighted by Crippen LogP contribution is 2.31. The number of hydrogen-bond acceptors (Lipinski definition) is 8. The highest BCUT2D eigenvalue weighted by atomic mass is 35.5. The Balaban J connectivity index is 1.95. The molecule has 0 radical (unpaired) electrons. The number of piperazine rings is 1. The fourth-order valence-electron chi connectivity index (χ4n) is 3.57. The van der Waals surface area contributed by atoms with Crippen LogP contribution in [0.2, 0.25) is 5.02 Å². The van der Waals surface area contributed by atoms with E-state index in [9.17, 15) is 4.79 Å². The van der Waals surface area contributed by atoms with Gasteiger partial charge in [0.2, 0.25) is 11.9 Å². The molecule has 174 valence electrons. The third-order valence-electron chi connectivity index (χ3n) is 5.25. The summed E-state index contributed by atoms with van der Waals surface area (Å²) in [6.45, 7) is 11.1. The van der Waals surface area contributed by atoms with E-state index in [1.165, 1.54) is 0 Å². The molecule has 10 heteroatoms. The van der Waals surface area contributed by atoms with Crippen LogP contribution in [0.1, 0.15) is 52.0 Å². The first kappa shape index (κ1) is 24.0. The summed E-state index contributed by atoms with van der Waals surface area (Å²) in [7, 11) is 1.74. The van der Waals surface area contributed by atoms with Gasteiger partial charge in [-0.1, -0.05) is 29.8 Å². The van der Waals surface area contributed by atoms with Crippen molar-refractivity contribution in [3.63, 3.8) is 0 Å². The van der Waals surface area contributed by atoms with Gasteiger partial charge in [-0.15, -0.1) is 0 Å². The van der Waals surface area contributed by atoms with E-state index in [1.807, 2.05) is 58.9 Å². The summed E-state index contributed by atoms with van der Waals surface area (Å²) < 4.78 is 5.66. The Bertz CT molecular complexity index is 966. The first-order valence-electron chi connectivity index (χ1n) is 10.7. The maximum atomic E-state index is 13.0. The normalized spacial score (nSPS) is 19.9. The first-order valence-corrected chi connectivity index (χ1v) is 11.1. The zero-order chi connectivity index (χ0) is 23.5. The van der Waals surface area contributed by atoms with E-state index in [0.29, 0.717) is 42.4 Å². The van der Waals surface area contributed by atoms with Crippen molar-refractivity contribution < 1.29 is 9.53 Å². The quantitative estimate of drug-likeness (QED) is 0.617. The van der Waals surface area contributed by atoms with Crippen LogP contribution in [-0.2, 0) is 10.3 Å². The highest BCUT2D eigenvalue weighted by Gasteiger charge is 2.44. The van der Waals surface area contributed by atoms with Crippen LogP contribution in [0.5, 0.6) is 0 Å². The van der Waals surface area contributed by atoms with E-state index in [4.69, 9.17) is 21.3 Å². The molecule has 3 N–H and O–H groups in total. The van der Waals surface area contributed by atoms with Crippen molar-refractivity contribution in [2.45, 2.75) is 51.8 Å². The fraction of sp³-hybridized carbons (Fsp3) is 0.545. The minimum Gasteiger partial charge on any atom is -0.444 e. The average Bonchev–Trinajstić information content (AvgIpc) is 2.72. The predicted octanol–water partition coefficient (Wildman–Crippen LogP) is 3.80. The van der Waals surface area contributed by atoms with Gasteiger partial charge in [-0.05, 0) is 46.2 Å². The molecule has 0 aliphatic carbocycles.